The molecule has 1 aromatic rings. The Morgan fingerprint density at radius 2 is 2.32 bits per heavy atom. The van der Waals surface area contributed by atoms with Gasteiger partial charge in [-0.3, -0.25) is 0 Å². The van der Waals surface area contributed by atoms with Crippen LogP contribution >= 0.6 is 0 Å². The molecule has 0 spiro atoms. The van der Waals surface area contributed by atoms with Gasteiger partial charge in [-0.05, 0) is 43.5 Å². The third-order valence-corrected chi connectivity index (χ3v) is 4.36. The zero-order valence-corrected chi connectivity index (χ0v) is 11.1. The van der Waals surface area contributed by atoms with E-state index in [9.17, 15) is 0 Å². The fourth-order valence-corrected chi connectivity index (χ4v) is 3.20. The zero-order valence-electron chi connectivity index (χ0n) is 11.1. The van der Waals surface area contributed by atoms with Crippen LogP contribution in [0.5, 0.6) is 0 Å². The molecule has 2 aliphatic rings. The highest BCUT2D eigenvalue weighted by Gasteiger charge is 2.50. The Kier molecular flexibility index (Phi) is 3.17. The van der Waals surface area contributed by atoms with Crippen molar-refractivity contribution in [2.24, 2.45) is 11.7 Å². The summed E-state index contributed by atoms with van der Waals surface area (Å²) >= 11 is 0. The molecule has 1 heterocycles. The van der Waals surface area contributed by atoms with E-state index in [2.05, 4.69) is 11.4 Å². The van der Waals surface area contributed by atoms with Crippen molar-refractivity contribution in [2.75, 3.05) is 11.9 Å². The van der Waals surface area contributed by atoms with Gasteiger partial charge in [0.2, 0.25) is 0 Å². The van der Waals surface area contributed by atoms with Crippen molar-refractivity contribution in [1.82, 2.24) is 0 Å². The molecular formula is C15H19N3O. The molecule has 0 bridgehead atoms. The fourth-order valence-electron chi connectivity index (χ4n) is 3.20. The lowest BCUT2D eigenvalue weighted by Crippen LogP contribution is -2.69. The lowest BCUT2D eigenvalue weighted by atomic mass is 9.68. The van der Waals surface area contributed by atoms with E-state index in [0.29, 0.717) is 5.92 Å². The van der Waals surface area contributed by atoms with E-state index in [1.807, 2.05) is 25.1 Å². The van der Waals surface area contributed by atoms with Crippen LogP contribution in [0.4, 0.5) is 5.69 Å². The number of nitrogens with one attached hydrogen (secondary N) is 1. The first-order chi connectivity index (χ1) is 9.20. The van der Waals surface area contributed by atoms with Gasteiger partial charge >= 0.3 is 0 Å². The van der Waals surface area contributed by atoms with Crippen LogP contribution < -0.4 is 11.1 Å². The summed E-state index contributed by atoms with van der Waals surface area (Å²) in [5, 5.41) is 12.4. The molecule has 4 atom stereocenters. The minimum absolute atomic E-state index is 0.168. The van der Waals surface area contributed by atoms with Crippen LogP contribution in [0, 0.1) is 24.2 Å². The van der Waals surface area contributed by atoms with Crippen molar-refractivity contribution in [3.05, 3.63) is 29.3 Å². The average molecular weight is 257 g/mol. The van der Waals surface area contributed by atoms with Crippen LogP contribution in [0.1, 0.15) is 24.0 Å². The minimum atomic E-state index is 0.168. The third-order valence-electron chi connectivity index (χ3n) is 4.36. The molecule has 0 radical (unpaired) electrons. The maximum absolute atomic E-state index is 8.93. The summed E-state index contributed by atoms with van der Waals surface area (Å²) in [5.74, 6) is 0.505. The van der Waals surface area contributed by atoms with Gasteiger partial charge in [0.15, 0.2) is 0 Å². The Bertz CT molecular complexity index is 523. The van der Waals surface area contributed by atoms with E-state index in [1.54, 1.807) is 0 Å². The first kappa shape index (κ1) is 12.5. The van der Waals surface area contributed by atoms with Crippen molar-refractivity contribution >= 4 is 5.69 Å². The Morgan fingerprint density at radius 1 is 1.47 bits per heavy atom. The minimum Gasteiger partial charge on any atom is -0.378 e. The molecule has 0 aromatic heterocycles. The molecular weight excluding hydrogens is 238 g/mol. The average Bonchev–Trinajstić information content (AvgIpc) is 2.44. The maximum atomic E-state index is 8.93. The second kappa shape index (κ2) is 4.84. The van der Waals surface area contributed by atoms with Crippen LogP contribution in [0.25, 0.3) is 0 Å². The number of nitriles is 1. The Balaban J connectivity index is 1.72. The molecule has 1 aliphatic carbocycles. The number of anilines is 1. The third kappa shape index (κ3) is 2.09. The SMILES string of the molecule is Cc1cc(NC2C(N)C3CCCOC32)ccc1C#N. The van der Waals surface area contributed by atoms with E-state index < -0.39 is 0 Å². The normalized spacial score (nSPS) is 32.9. The van der Waals surface area contributed by atoms with Gasteiger partial charge in [-0.1, -0.05) is 0 Å². The molecule has 4 unspecified atom stereocenters. The smallest absolute Gasteiger partial charge is 0.0994 e. The molecule has 100 valence electrons. The summed E-state index contributed by atoms with van der Waals surface area (Å²) in [4.78, 5) is 0. The molecule has 1 aliphatic heterocycles. The summed E-state index contributed by atoms with van der Waals surface area (Å²) in [6.07, 6.45) is 2.55. The molecule has 4 heteroatoms. The molecule has 1 saturated heterocycles. The van der Waals surface area contributed by atoms with Gasteiger partial charge in [0.25, 0.3) is 0 Å². The molecule has 19 heavy (non-hydrogen) atoms. The molecule has 3 N–H and O–H groups in total. The number of ether oxygens (including phenoxy) is 1. The number of fused-ring (bicyclic) bond motifs is 1. The second-order valence-corrected chi connectivity index (χ2v) is 5.53. The second-order valence-electron chi connectivity index (χ2n) is 5.53. The van der Waals surface area contributed by atoms with Gasteiger partial charge in [0, 0.05) is 24.3 Å². The van der Waals surface area contributed by atoms with Gasteiger partial charge in [-0.15, -0.1) is 0 Å². The number of hydrogen-bond acceptors (Lipinski definition) is 4. The zero-order chi connectivity index (χ0) is 13.4. The van der Waals surface area contributed by atoms with Crippen molar-refractivity contribution in [3.63, 3.8) is 0 Å². The number of aryl methyl sites for hydroxylation is 1. The summed E-state index contributed by atoms with van der Waals surface area (Å²) in [6, 6.07) is 8.33. The fraction of sp³-hybridized carbons (Fsp3) is 0.533. The molecule has 3 rings (SSSR count). The van der Waals surface area contributed by atoms with Crippen LogP contribution in [0.15, 0.2) is 18.2 Å². The Labute approximate surface area is 113 Å². The van der Waals surface area contributed by atoms with Crippen LogP contribution in [0.2, 0.25) is 0 Å². The lowest BCUT2D eigenvalue weighted by Gasteiger charge is -2.52. The molecule has 2 fully saturated rings. The molecule has 1 aromatic carbocycles. The van der Waals surface area contributed by atoms with Gasteiger partial charge in [-0.2, -0.15) is 5.26 Å². The number of nitrogens with zero attached hydrogens (tertiary/aromatic N) is 1. The lowest BCUT2D eigenvalue weighted by molar-refractivity contribution is -0.104. The van der Waals surface area contributed by atoms with E-state index in [4.69, 9.17) is 15.7 Å². The maximum Gasteiger partial charge on any atom is 0.0994 e. The standard InChI is InChI=1S/C15H19N3O/c1-9-7-11(5-4-10(9)8-16)18-14-13(17)12-3-2-6-19-15(12)14/h4-5,7,12-15,18H,2-3,6,17H2,1H3. The Hall–Kier alpha value is -1.57. The van der Waals surface area contributed by atoms with Crippen molar-refractivity contribution in [3.8, 4) is 6.07 Å². The molecule has 0 amide bonds. The van der Waals surface area contributed by atoms with Crippen molar-refractivity contribution in [2.45, 2.75) is 38.0 Å². The van der Waals surface area contributed by atoms with Gasteiger partial charge in [0.1, 0.15) is 0 Å². The van der Waals surface area contributed by atoms with Gasteiger partial charge in [0.05, 0.1) is 23.8 Å². The summed E-state index contributed by atoms with van der Waals surface area (Å²) < 4.78 is 5.81. The van der Waals surface area contributed by atoms with Crippen LogP contribution in [-0.4, -0.2) is 24.8 Å². The molecule has 4 nitrogen and oxygen atoms in total. The number of nitrogens with two attached hydrogens (primary N) is 1. The predicted molar refractivity (Wildman–Crippen MR) is 73.7 cm³/mol. The molecule has 1 saturated carbocycles. The summed E-state index contributed by atoms with van der Waals surface area (Å²) in [5.41, 5.74) is 8.95. The predicted octanol–water partition coefficient (Wildman–Crippen LogP) is 1.78. The van der Waals surface area contributed by atoms with E-state index in [-0.39, 0.29) is 18.2 Å². The monoisotopic (exact) mass is 257 g/mol. The largest absolute Gasteiger partial charge is 0.378 e. The van der Waals surface area contributed by atoms with Gasteiger partial charge < -0.3 is 15.8 Å². The highest BCUT2D eigenvalue weighted by molar-refractivity contribution is 5.53. The van der Waals surface area contributed by atoms with Crippen LogP contribution in [0.3, 0.4) is 0 Å². The highest BCUT2D eigenvalue weighted by atomic mass is 16.5. The number of hydrogen-bond donors (Lipinski definition) is 2. The van der Waals surface area contributed by atoms with Gasteiger partial charge in [-0.25, -0.2) is 0 Å². The van der Waals surface area contributed by atoms with Crippen molar-refractivity contribution < 1.29 is 4.74 Å². The van der Waals surface area contributed by atoms with E-state index in [0.717, 1.165) is 29.8 Å². The van der Waals surface area contributed by atoms with Crippen molar-refractivity contribution in [1.29, 1.82) is 5.26 Å². The first-order valence-electron chi connectivity index (χ1n) is 6.85. The number of rotatable bonds is 2. The topological polar surface area (TPSA) is 71.1 Å². The Morgan fingerprint density at radius 3 is 3.05 bits per heavy atom. The summed E-state index contributed by atoms with van der Waals surface area (Å²) in [6.45, 7) is 2.79. The van der Waals surface area contributed by atoms with E-state index >= 15 is 0 Å². The first-order valence-corrected chi connectivity index (χ1v) is 6.85. The van der Waals surface area contributed by atoms with E-state index in [1.165, 1.54) is 6.42 Å². The van der Waals surface area contributed by atoms with Crippen LogP contribution in [-0.2, 0) is 4.74 Å². The summed E-state index contributed by atoms with van der Waals surface area (Å²) in [7, 11) is 0. The number of benzene rings is 1. The quantitative estimate of drug-likeness (QED) is 0.847. The highest BCUT2D eigenvalue weighted by Crippen LogP contribution is 2.38.